The number of hydrogen-bond donors (Lipinski definition) is 0. The van der Waals surface area contributed by atoms with E-state index < -0.39 is 0 Å². The monoisotopic (exact) mass is 458 g/mol. The van der Waals surface area contributed by atoms with Crippen molar-refractivity contribution in [1.82, 2.24) is 9.13 Å². The molecule has 0 aliphatic heterocycles. The number of nitrogens with zero attached hydrogens (tertiary/aromatic N) is 4. The van der Waals surface area contributed by atoms with Gasteiger partial charge in [0.05, 0.1) is 34.2 Å². The van der Waals surface area contributed by atoms with Crippen LogP contribution < -0.4 is 0 Å². The average Bonchev–Trinajstić information content (AvgIpc) is 3.47. The Hall–Kier alpha value is -5.32. The van der Waals surface area contributed by atoms with Crippen LogP contribution in [0.1, 0.15) is 5.56 Å². The van der Waals surface area contributed by atoms with Crippen LogP contribution in [0, 0.1) is 17.9 Å². The molecule has 4 nitrogen and oxygen atoms in total. The quantitative estimate of drug-likeness (QED) is 0.240. The molecule has 0 saturated heterocycles. The molecule has 7 rings (SSSR count). The Morgan fingerprint density at radius 2 is 1.06 bits per heavy atom. The van der Waals surface area contributed by atoms with Crippen LogP contribution >= 0.6 is 0 Å². The second-order valence-corrected chi connectivity index (χ2v) is 8.77. The SMILES string of the molecule is [C-]#[N+]c1c2c3ccccc3n(-c3ccccc3)c2c(C#N)c2c3ccccc3n(-c3ccccc3)c12. The molecule has 2 heterocycles. The first kappa shape index (κ1) is 20.1. The summed E-state index contributed by atoms with van der Waals surface area (Å²) in [4.78, 5) is 4.15. The maximum Gasteiger partial charge on any atom is 0.221 e. The van der Waals surface area contributed by atoms with Gasteiger partial charge in [0, 0.05) is 27.5 Å². The van der Waals surface area contributed by atoms with Crippen LogP contribution in [0.25, 0.3) is 59.8 Å². The van der Waals surface area contributed by atoms with Gasteiger partial charge in [-0.25, -0.2) is 4.85 Å². The second-order valence-electron chi connectivity index (χ2n) is 8.77. The standard InChI is InChI=1S/C32H18N4/c1-34-30-29-24-17-9-11-19-27(24)35(21-12-4-2-5-13-21)31(29)25(20-33)28-23-16-8-10-18-26(23)36(32(28)30)22-14-6-3-7-15-22/h2-19H. The number of benzene rings is 5. The average molecular weight is 459 g/mol. The van der Waals surface area contributed by atoms with Crippen LogP contribution in [0.3, 0.4) is 0 Å². The minimum atomic E-state index is 0.560. The van der Waals surface area contributed by atoms with Crippen LogP contribution in [0.5, 0.6) is 0 Å². The van der Waals surface area contributed by atoms with E-state index in [0.717, 1.165) is 55.0 Å². The fourth-order valence-corrected chi connectivity index (χ4v) is 5.58. The number of aromatic nitrogens is 2. The lowest BCUT2D eigenvalue weighted by Crippen LogP contribution is -1.97. The second kappa shape index (κ2) is 7.60. The molecule has 0 fully saturated rings. The third-order valence-corrected chi connectivity index (χ3v) is 6.95. The molecular formula is C32H18N4. The normalized spacial score (nSPS) is 11.3. The van der Waals surface area contributed by atoms with E-state index in [1.165, 1.54) is 0 Å². The number of rotatable bonds is 2. The third-order valence-electron chi connectivity index (χ3n) is 6.95. The summed E-state index contributed by atoms with van der Waals surface area (Å²) in [5, 5.41) is 14.2. The molecule has 0 aliphatic rings. The Balaban J connectivity index is 1.85. The molecule has 0 N–H and O–H groups in total. The fourth-order valence-electron chi connectivity index (χ4n) is 5.58. The van der Waals surface area contributed by atoms with Gasteiger partial charge in [0.15, 0.2) is 0 Å². The zero-order valence-electron chi connectivity index (χ0n) is 19.2. The lowest BCUT2D eigenvalue weighted by Gasteiger charge is -2.12. The van der Waals surface area contributed by atoms with E-state index in [1.54, 1.807) is 0 Å². The minimum Gasteiger partial charge on any atom is -0.319 e. The van der Waals surface area contributed by atoms with Gasteiger partial charge in [-0.3, -0.25) is 0 Å². The summed E-state index contributed by atoms with van der Waals surface area (Å²) in [7, 11) is 0. The molecule has 4 heteroatoms. The molecular weight excluding hydrogens is 440 g/mol. The van der Waals surface area contributed by atoms with E-state index in [-0.39, 0.29) is 0 Å². The molecule has 166 valence electrons. The van der Waals surface area contributed by atoms with Crippen LogP contribution in [-0.2, 0) is 0 Å². The van der Waals surface area contributed by atoms with Crippen molar-refractivity contribution in [3.63, 3.8) is 0 Å². The van der Waals surface area contributed by atoms with E-state index in [2.05, 4.69) is 32.2 Å². The van der Waals surface area contributed by atoms with Crippen molar-refractivity contribution in [3.8, 4) is 17.4 Å². The van der Waals surface area contributed by atoms with Crippen LogP contribution in [0.2, 0.25) is 0 Å². The van der Waals surface area contributed by atoms with Gasteiger partial charge in [-0.05, 0) is 41.8 Å². The minimum absolute atomic E-state index is 0.560. The molecule has 0 amide bonds. The molecule has 0 aliphatic carbocycles. The topological polar surface area (TPSA) is 38.0 Å². The van der Waals surface area contributed by atoms with Crippen molar-refractivity contribution in [1.29, 1.82) is 5.26 Å². The first-order chi connectivity index (χ1) is 17.8. The highest BCUT2D eigenvalue weighted by Crippen LogP contribution is 2.48. The Morgan fingerprint density at radius 3 is 1.58 bits per heavy atom. The molecule has 0 unspecified atom stereocenters. The van der Waals surface area contributed by atoms with Gasteiger partial charge in [0.1, 0.15) is 6.07 Å². The van der Waals surface area contributed by atoms with Gasteiger partial charge >= 0.3 is 0 Å². The van der Waals surface area contributed by atoms with Crippen molar-refractivity contribution in [3.05, 3.63) is 126 Å². The number of nitriles is 1. The number of hydrogen-bond acceptors (Lipinski definition) is 1. The molecule has 0 spiro atoms. The van der Waals surface area contributed by atoms with Gasteiger partial charge in [-0.1, -0.05) is 72.8 Å². The lowest BCUT2D eigenvalue weighted by molar-refractivity contribution is 1.17. The predicted molar refractivity (Wildman–Crippen MR) is 146 cm³/mol. The summed E-state index contributed by atoms with van der Waals surface area (Å²) in [6.07, 6.45) is 0. The van der Waals surface area contributed by atoms with Gasteiger partial charge in [-0.15, -0.1) is 0 Å². The first-order valence-electron chi connectivity index (χ1n) is 11.7. The fraction of sp³-hybridized carbons (Fsp3) is 0. The van der Waals surface area contributed by atoms with Crippen molar-refractivity contribution in [2.45, 2.75) is 0 Å². The molecule has 0 bridgehead atoms. The van der Waals surface area contributed by atoms with E-state index in [0.29, 0.717) is 11.3 Å². The lowest BCUT2D eigenvalue weighted by atomic mass is 10.0. The van der Waals surface area contributed by atoms with E-state index in [4.69, 9.17) is 6.57 Å². The van der Waals surface area contributed by atoms with Crippen LogP contribution in [-0.4, -0.2) is 9.13 Å². The van der Waals surface area contributed by atoms with Crippen LogP contribution in [0.4, 0.5) is 5.69 Å². The van der Waals surface area contributed by atoms with Gasteiger partial charge < -0.3 is 9.13 Å². The van der Waals surface area contributed by atoms with Gasteiger partial charge in [0.2, 0.25) is 5.69 Å². The van der Waals surface area contributed by atoms with Crippen molar-refractivity contribution < 1.29 is 0 Å². The van der Waals surface area contributed by atoms with Crippen LogP contribution in [0.15, 0.2) is 109 Å². The zero-order valence-corrected chi connectivity index (χ0v) is 19.2. The summed E-state index contributed by atoms with van der Waals surface area (Å²) in [5.41, 5.74) is 6.57. The maximum atomic E-state index is 10.7. The highest BCUT2D eigenvalue weighted by Gasteiger charge is 2.27. The van der Waals surface area contributed by atoms with Crippen molar-refractivity contribution in [2.75, 3.05) is 0 Å². The van der Waals surface area contributed by atoms with Gasteiger partial charge in [-0.2, -0.15) is 5.26 Å². The van der Waals surface area contributed by atoms with E-state index >= 15 is 0 Å². The van der Waals surface area contributed by atoms with Gasteiger partial charge in [0.25, 0.3) is 0 Å². The summed E-state index contributed by atoms with van der Waals surface area (Å²) in [6.45, 7) is 8.38. The summed E-state index contributed by atoms with van der Waals surface area (Å²) >= 11 is 0. The molecule has 0 saturated carbocycles. The molecule has 0 radical (unpaired) electrons. The highest BCUT2D eigenvalue weighted by molar-refractivity contribution is 6.29. The Kier molecular flexibility index (Phi) is 4.24. The molecule has 7 aromatic rings. The number of fused-ring (bicyclic) bond motifs is 6. The number of para-hydroxylation sites is 4. The summed E-state index contributed by atoms with van der Waals surface area (Å²) < 4.78 is 4.26. The Bertz CT molecular complexity index is 1900. The zero-order chi connectivity index (χ0) is 24.2. The van der Waals surface area contributed by atoms with E-state index in [1.807, 2.05) is 97.1 Å². The smallest absolute Gasteiger partial charge is 0.221 e. The summed E-state index contributed by atoms with van der Waals surface area (Å²) in [5.74, 6) is 0. The Morgan fingerprint density at radius 1 is 0.583 bits per heavy atom. The molecule has 2 aromatic heterocycles. The predicted octanol–water partition coefficient (Wildman–Crippen LogP) is 8.30. The highest BCUT2D eigenvalue weighted by atomic mass is 15.0. The molecule has 5 aromatic carbocycles. The molecule has 36 heavy (non-hydrogen) atoms. The largest absolute Gasteiger partial charge is 0.319 e. The van der Waals surface area contributed by atoms with Crippen molar-refractivity contribution in [2.24, 2.45) is 0 Å². The maximum absolute atomic E-state index is 10.7. The Labute approximate surface area is 207 Å². The van der Waals surface area contributed by atoms with Crippen molar-refractivity contribution >= 4 is 49.3 Å². The van der Waals surface area contributed by atoms with E-state index in [9.17, 15) is 5.26 Å². The molecule has 0 atom stereocenters. The first-order valence-corrected chi connectivity index (χ1v) is 11.7. The summed E-state index contributed by atoms with van der Waals surface area (Å²) in [6, 6.07) is 38.9. The third kappa shape index (κ3) is 2.56.